The van der Waals surface area contributed by atoms with Gasteiger partial charge in [-0.3, -0.25) is 0 Å². The summed E-state index contributed by atoms with van der Waals surface area (Å²) in [6, 6.07) is 8.04. The minimum absolute atomic E-state index is 0.133. The van der Waals surface area contributed by atoms with Crippen molar-refractivity contribution in [3.05, 3.63) is 42.0 Å². The van der Waals surface area contributed by atoms with Crippen LogP contribution < -0.4 is 4.74 Å². The average molecular weight is 261 g/mol. The number of carbonyl (C=O) groups is 1. The second kappa shape index (κ2) is 5.78. The molecule has 0 bridgehead atoms. The van der Waals surface area contributed by atoms with Crippen LogP contribution in [0.4, 0.5) is 4.79 Å². The zero-order valence-corrected chi connectivity index (χ0v) is 11.4. The third-order valence-electron chi connectivity index (χ3n) is 3.40. The molecule has 0 aliphatic carbocycles. The molecule has 0 saturated carbocycles. The van der Waals surface area contributed by atoms with Crippen LogP contribution >= 0.6 is 0 Å². The van der Waals surface area contributed by atoms with Crippen LogP contribution in [0.2, 0.25) is 0 Å². The summed E-state index contributed by atoms with van der Waals surface area (Å²) >= 11 is 0. The molecule has 0 radical (unpaired) electrons. The molecule has 1 heterocycles. The van der Waals surface area contributed by atoms with Gasteiger partial charge in [-0.05, 0) is 30.5 Å². The van der Waals surface area contributed by atoms with Crippen molar-refractivity contribution in [3.8, 4) is 5.75 Å². The molecule has 2 rings (SSSR count). The number of benzene rings is 1. The van der Waals surface area contributed by atoms with Crippen LogP contribution in [0.1, 0.15) is 12.0 Å². The van der Waals surface area contributed by atoms with Gasteiger partial charge in [-0.1, -0.05) is 24.3 Å². The Morgan fingerprint density at radius 3 is 2.63 bits per heavy atom. The molecule has 1 saturated heterocycles. The van der Waals surface area contributed by atoms with Crippen LogP contribution in [-0.2, 0) is 11.2 Å². The lowest BCUT2D eigenvalue weighted by Crippen LogP contribution is -2.36. The van der Waals surface area contributed by atoms with Gasteiger partial charge >= 0.3 is 6.09 Å². The monoisotopic (exact) mass is 261 g/mol. The molecular formula is C15H19NO3. The predicted octanol–water partition coefficient (Wildman–Crippen LogP) is 2.63. The number of methoxy groups -OCH3 is 2. The highest BCUT2D eigenvalue weighted by Crippen LogP contribution is 2.25. The Labute approximate surface area is 113 Å². The standard InChI is InChI=1S/C15H19NO3/c1-11-8-13(16(10-11)15(17)19-3)9-12-4-6-14(18-2)7-5-12/h4-7,13H,1,8-10H2,2-3H3/t13-/m1/s1. The minimum atomic E-state index is -0.280. The molecule has 0 aromatic heterocycles. The fourth-order valence-corrected chi connectivity index (χ4v) is 2.42. The SMILES string of the molecule is C=C1C[C@H](Cc2ccc(OC)cc2)N(C(=O)OC)C1. The van der Waals surface area contributed by atoms with Crippen molar-refractivity contribution in [1.82, 2.24) is 4.90 Å². The highest BCUT2D eigenvalue weighted by Gasteiger charge is 2.31. The first kappa shape index (κ1) is 13.5. The van der Waals surface area contributed by atoms with E-state index in [1.165, 1.54) is 12.7 Å². The molecule has 0 N–H and O–H groups in total. The smallest absolute Gasteiger partial charge is 0.410 e. The summed E-state index contributed by atoms with van der Waals surface area (Å²) in [4.78, 5) is 13.4. The molecule has 1 aromatic rings. The summed E-state index contributed by atoms with van der Waals surface area (Å²) in [5.41, 5.74) is 2.25. The Morgan fingerprint density at radius 2 is 2.05 bits per heavy atom. The van der Waals surface area contributed by atoms with Crippen molar-refractivity contribution >= 4 is 6.09 Å². The second-order valence-electron chi connectivity index (χ2n) is 4.76. The fraction of sp³-hybridized carbons (Fsp3) is 0.400. The summed E-state index contributed by atoms with van der Waals surface area (Å²) < 4.78 is 9.95. The molecule has 1 amide bonds. The van der Waals surface area contributed by atoms with E-state index in [2.05, 4.69) is 6.58 Å². The molecule has 1 fully saturated rings. The van der Waals surface area contributed by atoms with E-state index in [1.54, 1.807) is 12.0 Å². The molecule has 1 aliphatic heterocycles. The Morgan fingerprint density at radius 1 is 1.37 bits per heavy atom. The van der Waals surface area contributed by atoms with Crippen LogP contribution in [0, 0.1) is 0 Å². The number of amides is 1. The van der Waals surface area contributed by atoms with Crippen molar-refractivity contribution in [2.45, 2.75) is 18.9 Å². The van der Waals surface area contributed by atoms with Gasteiger partial charge in [0.15, 0.2) is 0 Å². The third kappa shape index (κ3) is 3.08. The van der Waals surface area contributed by atoms with Gasteiger partial charge in [0.2, 0.25) is 0 Å². The highest BCUT2D eigenvalue weighted by atomic mass is 16.5. The first-order chi connectivity index (χ1) is 9.13. The molecule has 102 valence electrons. The number of carbonyl (C=O) groups excluding carboxylic acids is 1. The molecule has 19 heavy (non-hydrogen) atoms. The largest absolute Gasteiger partial charge is 0.497 e. The predicted molar refractivity (Wildman–Crippen MR) is 73.4 cm³/mol. The summed E-state index contributed by atoms with van der Waals surface area (Å²) in [6.45, 7) is 4.56. The maximum Gasteiger partial charge on any atom is 0.410 e. The lowest BCUT2D eigenvalue weighted by molar-refractivity contribution is 0.119. The van der Waals surface area contributed by atoms with Crippen molar-refractivity contribution in [3.63, 3.8) is 0 Å². The number of hydrogen-bond donors (Lipinski definition) is 0. The van der Waals surface area contributed by atoms with Gasteiger partial charge in [0.1, 0.15) is 5.75 Å². The first-order valence-electron chi connectivity index (χ1n) is 6.28. The van der Waals surface area contributed by atoms with Gasteiger partial charge in [-0.15, -0.1) is 0 Å². The van der Waals surface area contributed by atoms with E-state index in [9.17, 15) is 4.79 Å². The van der Waals surface area contributed by atoms with E-state index < -0.39 is 0 Å². The number of ether oxygens (including phenoxy) is 2. The van der Waals surface area contributed by atoms with Crippen molar-refractivity contribution < 1.29 is 14.3 Å². The second-order valence-corrected chi connectivity index (χ2v) is 4.76. The Bertz CT molecular complexity index is 467. The molecule has 0 unspecified atom stereocenters. The number of hydrogen-bond acceptors (Lipinski definition) is 3. The molecule has 1 atom stereocenters. The third-order valence-corrected chi connectivity index (χ3v) is 3.40. The summed E-state index contributed by atoms with van der Waals surface area (Å²) in [6.07, 6.45) is 1.36. The maximum atomic E-state index is 11.7. The lowest BCUT2D eigenvalue weighted by atomic mass is 10.0. The van der Waals surface area contributed by atoms with Crippen LogP contribution in [0.25, 0.3) is 0 Å². The quantitative estimate of drug-likeness (QED) is 0.785. The van der Waals surface area contributed by atoms with Crippen LogP contribution in [0.15, 0.2) is 36.4 Å². The Balaban J connectivity index is 2.07. The van der Waals surface area contributed by atoms with Gasteiger partial charge in [0, 0.05) is 12.6 Å². The Kier molecular flexibility index (Phi) is 4.10. The van der Waals surface area contributed by atoms with Gasteiger partial charge in [0.05, 0.1) is 14.2 Å². The van der Waals surface area contributed by atoms with Crippen LogP contribution in [0.3, 0.4) is 0 Å². The van der Waals surface area contributed by atoms with E-state index in [4.69, 9.17) is 9.47 Å². The number of likely N-dealkylation sites (tertiary alicyclic amines) is 1. The molecule has 1 aromatic carbocycles. The van der Waals surface area contributed by atoms with Gasteiger partial charge < -0.3 is 14.4 Å². The minimum Gasteiger partial charge on any atom is -0.497 e. The fourth-order valence-electron chi connectivity index (χ4n) is 2.42. The van der Waals surface area contributed by atoms with Crippen molar-refractivity contribution in [2.24, 2.45) is 0 Å². The zero-order chi connectivity index (χ0) is 13.8. The van der Waals surface area contributed by atoms with Gasteiger partial charge in [-0.2, -0.15) is 0 Å². The molecular weight excluding hydrogens is 242 g/mol. The summed E-state index contributed by atoms with van der Waals surface area (Å²) in [5.74, 6) is 0.837. The molecule has 1 aliphatic rings. The van der Waals surface area contributed by atoms with Crippen LogP contribution in [0.5, 0.6) is 5.75 Å². The average Bonchev–Trinajstić information content (AvgIpc) is 2.79. The van der Waals surface area contributed by atoms with E-state index in [1.807, 2.05) is 24.3 Å². The van der Waals surface area contributed by atoms with Crippen molar-refractivity contribution in [2.75, 3.05) is 20.8 Å². The highest BCUT2D eigenvalue weighted by molar-refractivity contribution is 5.69. The van der Waals surface area contributed by atoms with Crippen LogP contribution in [-0.4, -0.2) is 37.8 Å². The summed E-state index contributed by atoms with van der Waals surface area (Å²) in [5, 5.41) is 0. The van der Waals surface area contributed by atoms with E-state index >= 15 is 0 Å². The Hall–Kier alpha value is -1.97. The van der Waals surface area contributed by atoms with Gasteiger partial charge in [-0.25, -0.2) is 4.79 Å². The lowest BCUT2D eigenvalue weighted by Gasteiger charge is -2.22. The first-order valence-corrected chi connectivity index (χ1v) is 6.28. The molecule has 4 heteroatoms. The normalized spacial score (nSPS) is 18.5. The summed E-state index contributed by atoms with van der Waals surface area (Å²) in [7, 11) is 3.06. The van der Waals surface area contributed by atoms with Gasteiger partial charge in [0.25, 0.3) is 0 Å². The number of nitrogens with zero attached hydrogens (tertiary/aromatic N) is 1. The maximum absolute atomic E-state index is 11.7. The van der Waals surface area contributed by atoms with E-state index in [-0.39, 0.29) is 12.1 Å². The van der Waals surface area contributed by atoms with Crippen molar-refractivity contribution in [1.29, 1.82) is 0 Å². The number of rotatable bonds is 3. The molecule has 0 spiro atoms. The topological polar surface area (TPSA) is 38.8 Å². The van der Waals surface area contributed by atoms with E-state index in [0.29, 0.717) is 6.54 Å². The zero-order valence-electron chi connectivity index (χ0n) is 11.4. The molecule has 4 nitrogen and oxygen atoms in total. The van der Waals surface area contributed by atoms with E-state index in [0.717, 1.165) is 24.2 Å².